The Balaban J connectivity index is 1.84. The zero-order chi connectivity index (χ0) is 15.2. The topological polar surface area (TPSA) is 46.5 Å². The summed E-state index contributed by atoms with van der Waals surface area (Å²) in [5.74, 6) is 0.473. The molecule has 3 nitrogen and oxygen atoms in total. The Morgan fingerprint density at radius 3 is 2.52 bits per heavy atom. The molecule has 0 unspecified atom stereocenters. The van der Waals surface area contributed by atoms with Gasteiger partial charge in [0.15, 0.2) is 0 Å². The number of benzene rings is 2. The summed E-state index contributed by atoms with van der Waals surface area (Å²) in [5.41, 5.74) is 2.76. The van der Waals surface area contributed by atoms with Crippen LogP contribution in [0.25, 0.3) is 0 Å². The molecule has 0 fully saturated rings. The smallest absolute Gasteiger partial charge is 0.335 e. The molecule has 110 valence electrons. The molecule has 1 N–H and O–H groups in total. The summed E-state index contributed by atoms with van der Waals surface area (Å²) in [5, 5.41) is 8.92. The zero-order valence-electron chi connectivity index (χ0n) is 12.1. The molecule has 0 aliphatic heterocycles. The largest absolute Gasteiger partial charge is 0.493 e. The zero-order valence-corrected chi connectivity index (χ0v) is 12.9. The molecule has 0 aliphatic rings. The van der Waals surface area contributed by atoms with Gasteiger partial charge in [-0.15, -0.1) is 11.8 Å². The van der Waals surface area contributed by atoms with Crippen molar-refractivity contribution in [2.75, 3.05) is 12.4 Å². The predicted octanol–water partition coefficient (Wildman–Crippen LogP) is 4.17. The highest BCUT2D eigenvalue weighted by Crippen LogP contribution is 2.21. The van der Waals surface area contributed by atoms with Crippen molar-refractivity contribution >= 4 is 17.7 Å². The lowest BCUT2D eigenvalue weighted by Gasteiger charge is -2.08. The van der Waals surface area contributed by atoms with Crippen LogP contribution in [0.5, 0.6) is 5.75 Å². The third-order valence-electron chi connectivity index (χ3n) is 2.90. The minimum Gasteiger partial charge on any atom is -0.493 e. The second-order valence-corrected chi connectivity index (χ2v) is 6.02. The molecule has 0 saturated heterocycles. The van der Waals surface area contributed by atoms with Gasteiger partial charge < -0.3 is 9.84 Å². The molecule has 0 bridgehead atoms. The summed E-state index contributed by atoms with van der Waals surface area (Å²) < 4.78 is 5.59. The van der Waals surface area contributed by atoms with Crippen LogP contribution in [0.15, 0.2) is 47.4 Å². The summed E-state index contributed by atoms with van der Waals surface area (Å²) in [6.07, 6.45) is 0. The van der Waals surface area contributed by atoms with Crippen LogP contribution >= 0.6 is 11.8 Å². The highest BCUT2D eigenvalue weighted by atomic mass is 32.2. The Hall–Kier alpha value is -1.94. The van der Waals surface area contributed by atoms with Crippen molar-refractivity contribution in [1.29, 1.82) is 0 Å². The van der Waals surface area contributed by atoms with Gasteiger partial charge in [0.2, 0.25) is 0 Å². The molecule has 4 heteroatoms. The van der Waals surface area contributed by atoms with Crippen LogP contribution in [0.4, 0.5) is 0 Å². The van der Waals surface area contributed by atoms with E-state index in [0.29, 0.717) is 12.4 Å². The third-order valence-corrected chi connectivity index (χ3v) is 3.84. The summed E-state index contributed by atoms with van der Waals surface area (Å²) in [6.45, 7) is 4.72. The van der Waals surface area contributed by atoms with Crippen molar-refractivity contribution < 1.29 is 14.6 Å². The van der Waals surface area contributed by atoms with Crippen molar-refractivity contribution in [3.63, 3.8) is 0 Å². The van der Waals surface area contributed by atoms with Gasteiger partial charge in [-0.25, -0.2) is 4.79 Å². The Bertz CT molecular complexity index is 617. The Labute approximate surface area is 129 Å². The first-order valence-electron chi connectivity index (χ1n) is 6.72. The molecule has 2 rings (SSSR count). The van der Waals surface area contributed by atoms with Crippen LogP contribution in [0.3, 0.4) is 0 Å². The number of carbonyl (C=O) groups is 1. The number of thioether (sulfide) groups is 1. The summed E-state index contributed by atoms with van der Waals surface area (Å²) >= 11 is 1.74. The van der Waals surface area contributed by atoms with Crippen molar-refractivity contribution in [2.24, 2.45) is 0 Å². The number of carboxylic acids is 1. The normalized spacial score (nSPS) is 10.4. The number of hydrogen-bond donors (Lipinski definition) is 1. The Kier molecular flexibility index (Phi) is 5.28. The number of aromatic carboxylic acids is 1. The van der Waals surface area contributed by atoms with Gasteiger partial charge in [-0.3, -0.25) is 0 Å². The van der Waals surface area contributed by atoms with Gasteiger partial charge >= 0.3 is 5.97 Å². The maximum atomic E-state index is 10.9. The van der Waals surface area contributed by atoms with E-state index in [2.05, 4.69) is 32.0 Å². The molecule has 0 aliphatic carbocycles. The fourth-order valence-electron chi connectivity index (χ4n) is 2.05. The molecule has 0 atom stereocenters. The van der Waals surface area contributed by atoms with E-state index in [9.17, 15) is 4.79 Å². The fourth-order valence-corrected chi connectivity index (χ4v) is 3.00. The Morgan fingerprint density at radius 2 is 1.86 bits per heavy atom. The second kappa shape index (κ2) is 7.18. The molecule has 0 radical (unpaired) electrons. The number of carboxylic acid groups (broad SMARTS) is 1. The first-order valence-corrected chi connectivity index (χ1v) is 7.70. The summed E-state index contributed by atoms with van der Waals surface area (Å²) in [7, 11) is 0. The quantitative estimate of drug-likeness (QED) is 0.642. The van der Waals surface area contributed by atoms with E-state index in [1.807, 2.05) is 0 Å². The lowest BCUT2D eigenvalue weighted by Crippen LogP contribution is -2.02. The second-order valence-electron chi connectivity index (χ2n) is 4.85. The number of ether oxygens (including phenoxy) is 1. The number of aryl methyl sites for hydroxylation is 2. The Morgan fingerprint density at radius 1 is 1.14 bits per heavy atom. The van der Waals surface area contributed by atoms with E-state index in [1.165, 1.54) is 16.0 Å². The highest BCUT2D eigenvalue weighted by Gasteiger charge is 2.04. The lowest BCUT2D eigenvalue weighted by molar-refractivity contribution is 0.0696. The van der Waals surface area contributed by atoms with Gasteiger partial charge in [-0.2, -0.15) is 0 Å². The van der Waals surface area contributed by atoms with Crippen LogP contribution in [0, 0.1) is 13.8 Å². The molecule has 2 aromatic rings. The summed E-state index contributed by atoms with van der Waals surface area (Å²) in [4.78, 5) is 12.1. The van der Waals surface area contributed by atoms with Crippen LogP contribution in [0.1, 0.15) is 21.5 Å². The van der Waals surface area contributed by atoms with Crippen molar-refractivity contribution in [3.05, 3.63) is 59.2 Å². The van der Waals surface area contributed by atoms with Gasteiger partial charge in [0, 0.05) is 10.6 Å². The average Bonchev–Trinajstić information content (AvgIpc) is 2.43. The maximum Gasteiger partial charge on any atom is 0.335 e. The highest BCUT2D eigenvalue weighted by molar-refractivity contribution is 7.99. The van der Waals surface area contributed by atoms with Gasteiger partial charge in [0.25, 0.3) is 0 Å². The van der Waals surface area contributed by atoms with Crippen LogP contribution < -0.4 is 4.74 Å². The minimum absolute atomic E-state index is 0.245. The lowest BCUT2D eigenvalue weighted by atomic mass is 10.2. The van der Waals surface area contributed by atoms with E-state index in [-0.39, 0.29) is 5.56 Å². The van der Waals surface area contributed by atoms with Crippen molar-refractivity contribution in [1.82, 2.24) is 0 Å². The first kappa shape index (κ1) is 15.4. The van der Waals surface area contributed by atoms with E-state index < -0.39 is 5.97 Å². The minimum atomic E-state index is -0.940. The van der Waals surface area contributed by atoms with Gasteiger partial charge in [-0.1, -0.05) is 12.1 Å². The molecule has 2 aromatic carbocycles. The monoisotopic (exact) mass is 302 g/mol. The molecule has 0 saturated carbocycles. The number of rotatable bonds is 6. The van der Waals surface area contributed by atoms with Crippen LogP contribution in [0.2, 0.25) is 0 Å². The standard InChI is InChI=1S/C17H18O3S/c1-12-8-13(2)10-16(9-12)21-7-6-20-15-5-3-4-14(11-15)17(18)19/h3-5,8-11H,6-7H2,1-2H3,(H,18,19). The number of hydrogen-bond acceptors (Lipinski definition) is 3. The van der Waals surface area contributed by atoms with E-state index in [0.717, 1.165) is 5.75 Å². The van der Waals surface area contributed by atoms with Crippen LogP contribution in [-0.4, -0.2) is 23.4 Å². The molecule has 0 spiro atoms. The fraction of sp³-hybridized carbons (Fsp3) is 0.235. The first-order chi connectivity index (χ1) is 10.0. The van der Waals surface area contributed by atoms with Gasteiger partial charge in [0.05, 0.1) is 12.2 Å². The molecule has 0 aromatic heterocycles. The SMILES string of the molecule is Cc1cc(C)cc(SCCOc2cccc(C(=O)O)c2)c1. The molecule has 0 amide bonds. The molecular formula is C17H18O3S. The summed E-state index contributed by atoms with van der Waals surface area (Å²) in [6, 6.07) is 13.0. The van der Waals surface area contributed by atoms with E-state index >= 15 is 0 Å². The van der Waals surface area contributed by atoms with E-state index in [4.69, 9.17) is 9.84 Å². The maximum absolute atomic E-state index is 10.9. The van der Waals surface area contributed by atoms with Crippen LogP contribution in [-0.2, 0) is 0 Å². The molecule has 21 heavy (non-hydrogen) atoms. The molecular weight excluding hydrogens is 284 g/mol. The average molecular weight is 302 g/mol. The third kappa shape index (κ3) is 4.83. The predicted molar refractivity (Wildman–Crippen MR) is 85.5 cm³/mol. The van der Waals surface area contributed by atoms with Crippen molar-refractivity contribution in [3.8, 4) is 5.75 Å². The van der Waals surface area contributed by atoms with Crippen molar-refractivity contribution in [2.45, 2.75) is 18.7 Å². The van der Waals surface area contributed by atoms with Gasteiger partial charge in [0.1, 0.15) is 5.75 Å². The van der Waals surface area contributed by atoms with E-state index in [1.54, 1.807) is 36.0 Å². The van der Waals surface area contributed by atoms with Gasteiger partial charge in [-0.05, 0) is 55.3 Å². The molecule has 0 heterocycles.